The fraction of sp³-hybridized carbons (Fsp3) is 0.360. The van der Waals surface area contributed by atoms with E-state index in [2.05, 4.69) is 43.4 Å². The highest BCUT2D eigenvalue weighted by Crippen LogP contribution is 2.26. The summed E-state index contributed by atoms with van der Waals surface area (Å²) in [6.45, 7) is 10.7. The van der Waals surface area contributed by atoms with Crippen LogP contribution in [-0.2, 0) is 11.3 Å². The van der Waals surface area contributed by atoms with E-state index in [0.29, 0.717) is 23.1 Å². The van der Waals surface area contributed by atoms with E-state index in [1.165, 1.54) is 11.8 Å². The maximum Gasteiger partial charge on any atom is 0.251 e. The van der Waals surface area contributed by atoms with Gasteiger partial charge in [-0.2, -0.15) is 0 Å². The van der Waals surface area contributed by atoms with Gasteiger partial charge in [-0.25, -0.2) is 0 Å². The lowest BCUT2D eigenvalue weighted by atomic mass is 10.0. The van der Waals surface area contributed by atoms with Crippen molar-refractivity contribution in [2.45, 2.75) is 52.4 Å². The molecule has 2 aromatic carbocycles. The number of nitrogens with zero attached hydrogens (tertiary/aromatic N) is 3. The molecule has 1 atom stereocenters. The van der Waals surface area contributed by atoms with Gasteiger partial charge in [-0.3, -0.25) is 9.59 Å². The molecule has 34 heavy (non-hydrogen) atoms. The Morgan fingerprint density at radius 2 is 1.79 bits per heavy atom. The standard InChI is InChI=1S/C25H30IN5O2S/c1-6-31-23(22(15(2)3)28-24(33)18-9-7-16(4)8-10-18)29-30-25(31)34-14-21(32)27-20-12-11-19(26)13-17(20)5/h7-13,15,22H,6,14H2,1-5H3,(H,27,32)(H,28,33). The first-order valence-corrected chi connectivity index (χ1v) is 13.3. The van der Waals surface area contributed by atoms with Gasteiger partial charge in [0.1, 0.15) is 0 Å². The van der Waals surface area contributed by atoms with Crippen LogP contribution in [0.2, 0.25) is 0 Å². The molecule has 3 aromatic rings. The van der Waals surface area contributed by atoms with Gasteiger partial charge in [0.05, 0.1) is 11.8 Å². The van der Waals surface area contributed by atoms with E-state index < -0.39 is 0 Å². The number of carbonyl (C=O) groups is 2. The first kappa shape index (κ1) is 26.2. The molecule has 0 saturated carbocycles. The maximum absolute atomic E-state index is 12.9. The topological polar surface area (TPSA) is 88.9 Å². The predicted molar refractivity (Wildman–Crippen MR) is 145 cm³/mol. The van der Waals surface area contributed by atoms with Gasteiger partial charge in [-0.1, -0.05) is 43.3 Å². The molecule has 0 aliphatic rings. The number of benzene rings is 2. The maximum atomic E-state index is 12.9. The number of aryl methyl sites for hydroxylation is 2. The molecule has 180 valence electrons. The van der Waals surface area contributed by atoms with Crippen LogP contribution >= 0.6 is 34.4 Å². The average Bonchev–Trinajstić information content (AvgIpc) is 3.20. The molecule has 0 bridgehead atoms. The second-order valence-electron chi connectivity index (χ2n) is 8.44. The molecule has 1 aromatic heterocycles. The number of halogens is 1. The molecule has 9 heteroatoms. The zero-order valence-electron chi connectivity index (χ0n) is 20.1. The molecule has 2 N–H and O–H groups in total. The lowest BCUT2D eigenvalue weighted by Gasteiger charge is -2.22. The summed E-state index contributed by atoms with van der Waals surface area (Å²) in [5.74, 6) is 0.759. The number of carbonyl (C=O) groups excluding carboxylic acids is 2. The molecule has 0 aliphatic carbocycles. The Hall–Kier alpha value is -2.40. The van der Waals surface area contributed by atoms with Crippen molar-refractivity contribution in [1.82, 2.24) is 20.1 Å². The number of aromatic nitrogens is 3. The van der Waals surface area contributed by atoms with Gasteiger partial charge in [0.15, 0.2) is 11.0 Å². The molecule has 0 aliphatic heterocycles. The molecule has 7 nitrogen and oxygen atoms in total. The van der Waals surface area contributed by atoms with Gasteiger partial charge in [0.25, 0.3) is 5.91 Å². The van der Waals surface area contributed by atoms with Crippen LogP contribution in [0.25, 0.3) is 0 Å². The van der Waals surface area contributed by atoms with E-state index in [-0.39, 0.29) is 29.5 Å². The summed E-state index contributed by atoms with van der Waals surface area (Å²) in [6, 6.07) is 13.1. The Morgan fingerprint density at radius 3 is 2.41 bits per heavy atom. The number of amides is 2. The van der Waals surface area contributed by atoms with E-state index in [1.807, 2.05) is 81.7 Å². The molecule has 2 amide bonds. The van der Waals surface area contributed by atoms with Crippen molar-refractivity contribution in [1.29, 1.82) is 0 Å². The molecule has 0 spiro atoms. The molecule has 0 radical (unpaired) electrons. The van der Waals surface area contributed by atoms with Crippen molar-refractivity contribution in [2.24, 2.45) is 5.92 Å². The Bertz CT molecular complexity index is 1160. The summed E-state index contributed by atoms with van der Waals surface area (Å²) in [7, 11) is 0. The highest BCUT2D eigenvalue weighted by atomic mass is 127. The third kappa shape index (κ3) is 6.59. The molecule has 0 fully saturated rings. The van der Waals surface area contributed by atoms with Crippen molar-refractivity contribution < 1.29 is 9.59 Å². The predicted octanol–water partition coefficient (Wildman–Crippen LogP) is 5.38. The number of rotatable bonds is 9. The van der Waals surface area contributed by atoms with Gasteiger partial charge >= 0.3 is 0 Å². The first-order chi connectivity index (χ1) is 16.2. The number of hydrogen-bond acceptors (Lipinski definition) is 5. The fourth-order valence-corrected chi connectivity index (χ4v) is 4.93. The van der Waals surface area contributed by atoms with Crippen molar-refractivity contribution in [3.8, 4) is 0 Å². The fourth-order valence-electron chi connectivity index (χ4n) is 3.48. The normalized spacial score (nSPS) is 12.0. The van der Waals surface area contributed by atoms with Crippen LogP contribution in [0.4, 0.5) is 5.69 Å². The smallest absolute Gasteiger partial charge is 0.251 e. The van der Waals surface area contributed by atoms with Crippen molar-refractivity contribution >= 4 is 51.9 Å². The van der Waals surface area contributed by atoms with Gasteiger partial charge in [-0.05, 0) is 85.2 Å². The van der Waals surface area contributed by atoms with Crippen LogP contribution in [-0.4, -0.2) is 32.3 Å². The Labute approximate surface area is 218 Å². The summed E-state index contributed by atoms with van der Waals surface area (Å²) in [5, 5.41) is 15.5. The van der Waals surface area contributed by atoms with E-state index in [0.717, 1.165) is 20.4 Å². The van der Waals surface area contributed by atoms with E-state index in [1.54, 1.807) is 0 Å². The quantitative estimate of drug-likeness (QED) is 0.258. The van der Waals surface area contributed by atoms with Crippen molar-refractivity contribution in [2.75, 3.05) is 11.1 Å². The minimum Gasteiger partial charge on any atom is -0.342 e. The van der Waals surface area contributed by atoms with Crippen LogP contribution in [0.15, 0.2) is 47.6 Å². The lowest BCUT2D eigenvalue weighted by Crippen LogP contribution is -2.33. The van der Waals surface area contributed by atoms with Gasteiger partial charge < -0.3 is 15.2 Å². The second kappa shape index (κ2) is 11.8. The molecular formula is C25H30IN5O2S. The van der Waals surface area contributed by atoms with Crippen LogP contribution in [0, 0.1) is 23.3 Å². The number of hydrogen-bond donors (Lipinski definition) is 2. The van der Waals surface area contributed by atoms with Crippen molar-refractivity contribution in [3.05, 3.63) is 68.5 Å². The van der Waals surface area contributed by atoms with Crippen LogP contribution in [0.1, 0.15) is 54.1 Å². The number of nitrogens with one attached hydrogen (secondary N) is 2. The minimum absolute atomic E-state index is 0.102. The number of anilines is 1. The summed E-state index contributed by atoms with van der Waals surface area (Å²) >= 11 is 3.59. The zero-order valence-corrected chi connectivity index (χ0v) is 23.0. The average molecular weight is 592 g/mol. The van der Waals surface area contributed by atoms with Crippen molar-refractivity contribution in [3.63, 3.8) is 0 Å². The van der Waals surface area contributed by atoms with E-state index in [4.69, 9.17) is 0 Å². The largest absolute Gasteiger partial charge is 0.342 e. The Kier molecular flexibility index (Phi) is 9.12. The highest BCUT2D eigenvalue weighted by Gasteiger charge is 2.26. The minimum atomic E-state index is -0.307. The SMILES string of the molecule is CCn1c(SCC(=O)Nc2ccc(I)cc2C)nnc1C(NC(=O)c1ccc(C)cc1)C(C)C. The van der Waals surface area contributed by atoms with Gasteiger partial charge in [0.2, 0.25) is 5.91 Å². The van der Waals surface area contributed by atoms with E-state index in [9.17, 15) is 9.59 Å². The second-order valence-corrected chi connectivity index (χ2v) is 10.6. The summed E-state index contributed by atoms with van der Waals surface area (Å²) in [6.07, 6.45) is 0. The Morgan fingerprint density at radius 1 is 1.09 bits per heavy atom. The molecule has 1 unspecified atom stereocenters. The highest BCUT2D eigenvalue weighted by molar-refractivity contribution is 14.1. The third-order valence-corrected chi connectivity index (χ3v) is 7.04. The third-order valence-electron chi connectivity index (χ3n) is 5.40. The molecule has 1 heterocycles. The molecule has 0 saturated heterocycles. The summed E-state index contributed by atoms with van der Waals surface area (Å²) < 4.78 is 3.09. The summed E-state index contributed by atoms with van der Waals surface area (Å²) in [5.41, 5.74) is 3.54. The van der Waals surface area contributed by atoms with Crippen LogP contribution in [0.5, 0.6) is 0 Å². The lowest BCUT2D eigenvalue weighted by molar-refractivity contribution is -0.113. The molecular weight excluding hydrogens is 561 g/mol. The zero-order chi connectivity index (χ0) is 24.8. The van der Waals surface area contributed by atoms with Gasteiger partial charge in [0, 0.05) is 21.4 Å². The molecule has 3 rings (SSSR count). The number of thioether (sulfide) groups is 1. The van der Waals surface area contributed by atoms with Crippen LogP contribution in [0.3, 0.4) is 0 Å². The summed E-state index contributed by atoms with van der Waals surface area (Å²) in [4.78, 5) is 25.4. The first-order valence-electron chi connectivity index (χ1n) is 11.2. The van der Waals surface area contributed by atoms with E-state index >= 15 is 0 Å². The Balaban J connectivity index is 1.71. The van der Waals surface area contributed by atoms with Gasteiger partial charge in [-0.15, -0.1) is 10.2 Å². The van der Waals surface area contributed by atoms with Crippen LogP contribution < -0.4 is 10.6 Å². The monoisotopic (exact) mass is 591 g/mol.